The molecule has 5 heteroatoms. The van der Waals surface area contributed by atoms with Crippen molar-refractivity contribution >= 4 is 11.8 Å². The van der Waals surface area contributed by atoms with E-state index in [1.165, 1.54) is 0 Å². The summed E-state index contributed by atoms with van der Waals surface area (Å²) in [5, 5.41) is 12.4. The van der Waals surface area contributed by atoms with Gasteiger partial charge in [-0.3, -0.25) is 0 Å². The molecule has 1 atom stereocenters. The van der Waals surface area contributed by atoms with Gasteiger partial charge >= 0.3 is 5.97 Å². The summed E-state index contributed by atoms with van der Waals surface area (Å²) < 4.78 is 5.07. The van der Waals surface area contributed by atoms with Crippen LogP contribution in [0.25, 0.3) is 0 Å². The summed E-state index contributed by atoms with van der Waals surface area (Å²) in [6.45, 7) is 3.34. The monoisotopic (exact) mass is 264 g/mol. The van der Waals surface area contributed by atoms with E-state index in [-0.39, 0.29) is 5.56 Å². The van der Waals surface area contributed by atoms with Crippen molar-refractivity contribution in [1.82, 2.24) is 4.98 Å². The van der Waals surface area contributed by atoms with Crippen LogP contribution in [0.4, 0.5) is 5.82 Å². The van der Waals surface area contributed by atoms with Gasteiger partial charge in [-0.2, -0.15) is 0 Å². The summed E-state index contributed by atoms with van der Waals surface area (Å²) >= 11 is 0. The minimum absolute atomic E-state index is 0.269. The maximum absolute atomic E-state index is 11.3. The Labute approximate surface area is 113 Å². The van der Waals surface area contributed by atoms with Crippen molar-refractivity contribution in [2.24, 2.45) is 5.92 Å². The molecule has 0 spiro atoms. The fraction of sp³-hybridized carbons (Fsp3) is 0.571. The van der Waals surface area contributed by atoms with Crippen LogP contribution in [0.5, 0.6) is 0 Å². The molecule has 1 heterocycles. The van der Waals surface area contributed by atoms with Crippen molar-refractivity contribution in [2.45, 2.75) is 26.2 Å². The number of anilines is 1. The number of aromatic carboxylic acids is 1. The van der Waals surface area contributed by atoms with Gasteiger partial charge in [-0.15, -0.1) is 0 Å². The van der Waals surface area contributed by atoms with E-state index < -0.39 is 5.97 Å². The van der Waals surface area contributed by atoms with E-state index in [4.69, 9.17) is 4.74 Å². The second-order valence-corrected chi connectivity index (χ2v) is 5.09. The molecule has 1 aromatic rings. The zero-order valence-corrected chi connectivity index (χ0v) is 11.4. The number of carbonyl (C=O) groups is 1. The smallest absolute Gasteiger partial charge is 0.339 e. The van der Waals surface area contributed by atoms with Crippen molar-refractivity contribution in [3.8, 4) is 0 Å². The molecule has 0 bridgehead atoms. The molecule has 0 amide bonds. The van der Waals surface area contributed by atoms with Crippen LogP contribution >= 0.6 is 0 Å². The van der Waals surface area contributed by atoms with Crippen LogP contribution in [0.3, 0.4) is 0 Å². The average molecular weight is 264 g/mol. The molecular formula is C14H20N2O3. The summed E-state index contributed by atoms with van der Waals surface area (Å²) in [7, 11) is 1.66. The predicted molar refractivity (Wildman–Crippen MR) is 72.8 cm³/mol. The lowest BCUT2D eigenvalue weighted by Crippen LogP contribution is -2.18. The van der Waals surface area contributed by atoms with Gasteiger partial charge in [0.25, 0.3) is 0 Å². The molecule has 0 fully saturated rings. The highest BCUT2D eigenvalue weighted by Gasteiger charge is 2.20. The second kappa shape index (κ2) is 6.02. The lowest BCUT2D eigenvalue weighted by Gasteiger charge is -2.14. The Hall–Kier alpha value is -1.62. The zero-order valence-electron chi connectivity index (χ0n) is 11.4. The molecule has 5 nitrogen and oxygen atoms in total. The molecule has 0 aromatic carbocycles. The fourth-order valence-corrected chi connectivity index (χ4v) is 2.38. The minimum Gasteiger partial charge on any atom is -0.478 e. The van der Waals surface area contributed by atoms with Crippen LogP contribution in [0.15, 0.2) is 6.07 Å². The predicted octanol–water partition coefficient (Wildman–Crippen LogP) is 1.96. The van der Waals surface area contributed by atoms with E-state index in [1.807, 2.05) is 6.92 Å². The van der Waals surface area contributed by atoms with Gasteiger partial charge < -0.3 is 15.2 Å². The van der Waals surface area contributed by atoms with Gasteiger partial charge in [-0.1, -0.05) is 6.92 Å². The largest absolute Gasteiger partial charge is 0.478 e. The number of hydrogen-bond acceptors (Lipinski definition) is 4. The zero-order chi connectivity index (χ0) is 13.8. The number of fused-ring (bicyclic) bond motifs is 1. The summed E-state index contributed by atoms with van der Waals surface area (Å²) in [5.41, 5.74) is 2.38. The van der Waals surface area contributed by atoms with Crippen molar-refractivity contribution in [3.05, 3.63) is 22.9 Å². The minimum atomic E-state index is -0.927. The van der Waals surface area contributed by atoms with Gasteiger partial charge in [0.15, 0.2) is 0 Å². The highest BCUT2D eigenvalue weighted by atomic mass is 16.5. The average Bonchev–Trinajstić information content (AvgIpc) is 2.82. The van der Waals surface area contributed by atoms with E-state index in [9.17, 15) is 9.90 Å². The summed E-state index contributed by atoms with van der Waals surface area (Å²) in [4.78, 5) is 15.8. The van der Waals surface area contributed by atoms with Crippen molar-refractivity contribution < 1.29 is 14.6 Å². The quantitative estimate of drug-likeness (QED) is 0.822. The molecule has 0 radical (unpaired) electrons. The summed E-state index contributed by atoms with van der Waals surface area (Å²) in [6.07, 6.45) is 2.94. The molecule has 2 rings (SSSR count). The molecule has 19 heavy (non-hydrogen) atoms. The lowest BCUT2D eigenvalue weighted by atomic mass is 10.1. The van der Waals surface area contributed by atoms with E-state index in [1.54, 1.807) is 13.2 Å². The highest BCUT2D eigenvalue weighted by Crippen LogP contribution is 2.25. The van der Waals surface area contributed by atoms with E-state index in [2.05, 4.69) is 10.3 Å². The number of aromatic nitrogens is 1. The Morgan fingerprint density at radius 1 is 1.58 bits per heavy atom. The van der Waals surface area contributed by atoms with Crippen LogP contribution in [-0.2, 0) is 17.6 Å². The third-order valence-corrected chi connectivity index (χ3v) is 3.35. The Balaban J connectivity index is 2.16. The number of pyridine rings is 1. The number of nitrogens with zero attached hydrogens (tertiary/aromatic N) is 1. The van der Waals surface area contributed by atoms with Crippen LogP contribution in [0.1, 0.15) is 35.0 Å². The first-order valence-electron chi connectivity index (χ1n) is 6.60. The Bertz CT molecular complexity index is 474. The van der Waals surface area contributed by atoms with E-state index in [0.29, 0.717) is 24.9 Å². The number of carboxylic acid groups (broad SMARTS) is 1. The van der Waals surface area contributed by atoms with Crippen LogP contribution in [0, 0.1) is 5.92 Å². The third kappa shape index (κ3) is 3.23. The van der Waals surface area contributed by atoms with Crippen LogP contribution in [-0.4, -0.2) is 36.3 Å². The first-order valence-corrected chi connectivity index (χ1v) is 6.60. The maximum atomic E-state index is 11.3. The highest BCUT2D eigenvalue weighted by molar-refractivity contribution is 5.93. The Morgan fingerprint density at radius 3 is 3.05 bits per heavy atom. The number of carboxylic acids is 1. The van der Waals surface area contributed by atoms with Gasteiger partial charge in [0.2, 0.25) is 0 Å². The first-order chi connectivity index (χ1) is 9.11. The molecule has 1 aromatic heterocycles. The Morgan fingerprint density at radius 2 is 2.37 bits per heavy atom. The van der Waals surface area contributed by atoms with Gasteiger partial charge in [-0.05, 0) is 36.8 Å². The summed E-state index contributed by atoms with van der Waals surface area (Å²) in [6, 6.07) is 1.76. The molecule has 104 valence electrons. The van der Waals surface area contributed by atoms with Crippen molar-refractivity contribution in [1.29, 1.82) is 0 Å². The number of methoxy groups -OCH3 is 1. The molecule has 0 saturated carbocycles. The van der Waals surface area contributed by atoms with Crippen LogP contribution < -0.4 is 5.32 Å². The van der Waals surface area contributed by atoms with Crippen LogP contribution in [0.2, 0.25) is 0 Å². The molecule has 0 saturated heterocycles. The number of ether oxygens (including phenoxy) is 1. The molecule has 0 aliphatic heterocycles. The van der Waals surface area contributed by atoms with Gasteiger partial charge in [0, 0.05) is 19.3 Å². The number of aryl methyl sites for hydroxylation is 2. The molecule has 1 unspecified atom stereocenters. The van der Waals surface area contributed by atoms with Crippen molar-refractivity contribution in [2.75, 3.05) is 25.6 Å². The summed E-state index contributed by atoms with van der Waals surface area (Å²) in [5.74, 6) is -0.137. The normalized spacial score (nSPS) is 15.1. The molecule has 2 N–H and O–H groups in total. The molecule has 1 aliphatic carbocycles. The maximum Gasteiger partial charge on any atom is 0.339 e. The Kier molecular flexibility index (Phi) is 4.37. The van der Waals surface area contributed by atoms with E-state index >= 15 is 0 Å². The first kappa shape index (κ1) is 13.8. The van der Waals surface area contributed by atoms with Gasteiger partial charge in [0.1, 0.15) is 11.4 Å². The topological polar surface area (TPSA) is 71.5 Å². The third-order valence-electron chi connectivity index (χ3n) is 3.35. The second-order valence-electron chi connectivity index (χ2n) is 5.09. The van der Waals surface area contributed by atoms with E-state index in [0.717, 1.165) is 30.5 Å². The number of hydrogen-bond donors (Lipinski definition) is 2. The SMILES string of the molecule is COCC(C)CNc1nc2c(cc1C(=O)O)CCC2. The van der Waals surface area contributed by atoms with Gasteiger partial charge in [0.05, 0.1) is 6.61 Å². The standard InChI is InChI=1S/C14H20N2O3/c1-9(8-19-2)7-15-13-11(14(17)18)6-10-4-3-5-12(10)16-13/h6,9H,3-5,7-8H2,1-2H3,(H,15,16)(H,17,18). The molecule has 1 aliphatic rings. The fourth-order valence-electron chi connectivity index (χ4n) is 2.38. The van der Waals surface area contributed by atoms with Gasteiger partial charge in [-0.25, -0.2) is 9.78 Å². The van der Waals surface area contributed by atoms with Crippen molar-refractivity contribution in [3.63, 3.8) is 0 Å². The number of nitrogens with one attached hydrogen (secondary N) is 1. The lowest BCUT2D eigenvalue weighted by molar-refractivity contribution is 0.0697. The molecular weight excluding hydrogens is 244 g/mol. The number of rotatable bonds is 6.